The molecule has 0 heterocycles. The molecular weight excluding hydrogens is 180 g/mol. The lowest BCUT2D eigenvalue weighted by Gasteiger charge is -1.95. The molecule has 2 radical (unpaired) electrons. The molecule has 0 amide bonds. The van der Waals surface area contributed by atoms with Crippen LogP contribution in [0, 0.1) is 6.92 Å². The highest BCUT2D eigenvalue weighted by molar-refractivity contribution is 5.69. The first-order chi connectivity index (χ1) is 7.34. The lowest BCUT2D eigenvalue weighted by molar-refractivity contribution is 1.58. The molecular formula is C15H12. The van der Waals surface area contributed by atoms with E-state index in [1.807, 2.05) is 42.5 Å². The van der Waals surface area contributed by atoms with E-state index < -0.39 is 0 Å². The van der Waals surface area contributed by atoms with Crippen LogP contribution in [0.2, 0.25) is 0 Å². The van der Waals surface area contributed by atoms with Crippen LogP contribution in [0.3, 0.4) is 0 Å². The summed E-state index contributed by atoms with van der Waals surface area (Å²) in [5, 5.41) is 0. The zero-order chi connectivity index (χ0) is 10.5. The van der Waals surface area contributed by atoms with Gasteiger partial charge < -0.3 is 0 Å². The summed E-state index contributed by atoms with van der Waals surface area (Å²) in [5.74, 6) is 0. The maximum atomic E-state index is 5.61. The quantitative estimate of drug-likeness (QED) is 0.633. The smallest absolute Gasteiger partial charge is 0.00120 e. The first kappa shape index (κ1) is 9.72. The van der Waals surface area contributed by atoms with E-state index in [0.29, 0.717) is 0 Å². The third-order valence-corrected chi connectivity index (χ3v) is 2.20. The van der Waals surface area contributed by atoms with Crippen LogP contribution in [0.25, 0.3) is 12.2 Å². The highest BCUT2D eigenvalue weighted by atomic mass is 13.9. The molecule has 0 aliphatic rings. The Kier molecular flexibility index (Phi) is 2.99. The van der Waals surface area contributed by atoms with Gasteiger partial charge in [-0.2, -0.15) is 0 Å². The van der Waals surface area contributed by atoms with Crippen LogP contribution in [0.15, 0.2) is 54.6 Å². The molecule has 0 fully saturated rings. The average molecular weight is 192 g/mol. The van der Waals surface area contributed by atoms with E-state index in [-0.39, 0.29) is 0 Å². The van der Waals surface area contributed by atoms with Crippen molar-refractivity contribution in [2.45, 2.75) is 0 Å². The third kappa shape index (κ3) is 2.81. The van der Waals surface area contributed by atoms with Gasteiger partial charge in [0.05, 0.1) is 0 Å². The van der Waals surface area contributed by atoms with Crippen molar-refractivity contribution in [3.05, 3.63) is 78.2 Å². The second-order valence-electron chi connectivity index (χ2n) is 3.41. The molecule has 0 aromatic heterocycles. The standard InChI is InChI=1S/C15H12/c1-13-7-9-15(10-8-13)12-11-14-5-3-2-4-6-14/h1-12H. The third-order valence-electron chi connectivity index (χ3n) is 2.20. The molecule has 0 unspecified atom stereocenters. The second kappa shape index (κ2) is 4.61. The minimum atomic E-state index is 0.798. The van der Waals surface area contributed by atoms with Crippen molar-refractivity contribution in [3.8, 4) is 0 Å². The normalized spacial score (nSPS) is 10.7. The maximum Gasteiger partial charge on any atom is -0.00120 e. The molecule has 2 aromatic rings. The molecule has 0 atom stereocenters. The number of rotatable bonds is 2. The average Bonchev–Trinajstić information content (AvgIpc) is 2.30. The SMILES string of the molecule is [CH]c1ccc(C=Cc2ccccc2)cc1. The van der Waals surface area contributed by atoms with E-state index in [9.17, 15) is 0 Å². The van der Waals surface area contributed by atoms with Crippen molar-refractivity contribution in [2.24, 2.45) is 0 Å². The van der Waals surface area contributed by atoms with Crippen LogP contribution in [0.5, 0.6) is 0 Å². The highest BCUT2D eigenvalue weighted by Gasteiger charge is 1.87. The number of hydrogen-bond acceptors (Lipinski definition) is 0. The summed E-state index contributed by atoms with van der Waals surface area (Å²) in [4.78, 5) is 0. The Labute approximate surface area is 90.9 Å². The zero-order valence-corrected chi connectivity index (χ0v) is 8.43. The van der Waals surface area contributed by atoms with Crippen molar-refractivity contribution in [1.29, 1.82) is 0 Å². The van der Waals surface area contributed by atoms with Gasteiger partial charge >= 0.3 is 0 Å². The van der Waals surface area contributed by atoms with Crippen molar-refractivity contribution in [1.82, 2.24) is 0 Å². The molecule has 15 heavy (non-hydrogen) atoms. The van der Waals surface area contributed by atoms with Gasteiger partial charge in [-0.1, -0.05) is 66.7 Å². The second-order valence-corrected chi connectivity index (χ2v) is 3.41. The molecule has 0 aliphatic heterocycles. The van der Waals surface area contributed by atoms with Crippen molar-refractivity contribution >= 4 is 12.2 Å². The summed E-state index contributed by atoms with van der Waals surface area (Å²) >= 11 is 0. The van der Waals surface area contributed by atoms with Crippen LogP contribution in [0.1, 0.15) is 16.7 Å². The van der Waals surface area contributed by atoms with Crippen molar-refractivity contribution < 1.29 is 0 Å². The summed E-state index contributed by atoms with van der Waals surface area (Å²) in [5.41, 5.74) is 3.16. The number of benzene rings is 2. The Morgan fingerprint density at radius 2 is 1.20 bits per heavy atom. The Hall–Kier alpha value is -1.82. The van der Waals surface area contributed by atoms with Crippen LogP contribution in [-0.4, -0.2) is 0 Å². The summed E-state index contributed by atoms with van der Waals surface area (Å²) < 4.78 is 0. The van der Waals surface area contributed by atoms with E-state index >= 15 is 0 Å². The van der Waals surface area contributed by atoms with E-state index in [1.54, 1.807) is 0 Å². The largest absolute Gasteiger partial charge is 0.0622 e. The van der Waals surface area contributed by atoms with Gasteiger partial charge in [-0.25, -0.2) is 0 Å². The van der Waals surface area contributed by atoms with Gasteiger partial charge in [0.2, 0.25) is 0 Å². The summed E-state index contributed by atoms with van der Waals surface area (Å²) in [7, 11) is 0. The molecule has 72 valence electrons. The molecule has 0 spiro atoms. The van der Waals surface area contributed by atoms with Crippen LogP contribution >= 0.6 is 0 Å². The molecule has 2 aromatic carbocycles. The minimum absolute atomic E-state index is 0.798. The molecule has 0 saturated carbocycles. The fraction of sp³-hybridized carbons (Fsp3) is 0. The monoisotopic (exact) mass is 192 g/mol. The highest BCUT2D eigenvalue weighted by Crippen LogP contribution is 2.08. The number of hydrogen-bond donors (Lipinski definition) is 0. The van der Waals surface area contributed by atoms with Gasteiger partial charge in [0.25, 0.3) is 0 Å². The van der Waals surface area contributed by atoms with Gasteiger partial charge in [-0.05, 0) is 23.6 Å². The first-order valence-corrected chi connectivity index (χ1v) is 4.93. The Morgan fingerprint density at radius 1 is 0.667 bits per heavy atom. The Bertz CT molecular complexity index is 435. The van der Waals surface area contributed by atoms with Gasteiger partial charge in [-0.15, -0.1) is 0 Å². The molecule has 0 aliphatic carbocycles. The lowest BCUT2D eigenvalue weighted by Crippen LogP contribution is -1.74. The minimum Gasteiger partial charge on any atom is -0.0622 e. The van der Waals surface area contributed by atoms with E-state index in [1.165, 1.54) is 5.56 Å². The summed E-state index contributed by atoms with van der Waals surface area (Å²) in [6.45, 7) is 5.61. The predicted octanol–water partition coefficient (Wildman–Crippen LogP) is 3.92. The molecule has 2 rings (SSSR count). The van der Waals surface area contributed by atoms with Gasteiger partial charge in [0.1, 0.15) is 0 Å². The fourth-order valence-corrected chi connectivity index (χ4v) is 1.36. The molecule has 0 saturated heterocycles. The Balaban J connectivity index is 2.15. The molecule has 0 bridgehead atoms. The van der Waals surface area contributed by atoms with E-state index in [4.69, 9.17) is 6.92 Å². The van der Waals surface area contributed by atoms with Gasteiger partial charge in [0, 0.05) is 0 Å². The van der Waals surface area contributed by atoms with E-state index in [0.717, 1.165) is 11.1 Å². The summed E-state index contributed by atoms with van der Waals surface area (Å²) in [6.07, 6.45) is 4.17. The lowest BCUT2D eigenvalue weighted by atomic mass is 10.1. The topological polar surface area (TPSA) is 0 Å². The van der Waals surface area contributed by atoms with E-state index in [2.05, 4.69) is 24.3 Å². The Morgan fingerprint density at radius 3 is 1.80 bits per heavy atom. The zero-order valence-electron chi connectivity index (χ0n) is 8.43. The van der Waals surface area contributed by atoms with Crippen LogP contribution < -0.4 is 0 Å². The van der Waals surface area contributed by atoms with Crippen molar-refractivity contribution in [2.75, 3.05) is 0 Å². The maximum absolute atomic E-state index is 5.61. The van der Waals surface area contributed by atoms with Gasteiger partial charge in [-0.3, -0.25) is 0 Å². The van der Waals surface area contributed by atoms with Crippen molar-refractivity contribution in [3.63, 3.8) is 0 Å². The molecule has 0 N–H and O–H groups in total. The molecule has 0 heteroatoms. The van der Waals surface area contributed by atoms with Crippen LogP contribution in [0.4, 0.5) is 0 Å². The predicted molar refractivity (Wildman–Crippen MR) is 65.2 cm³/mol. The molecule has 0 nitrogen and oxygen atoms in total. The fourth-order valence-electron chi connectivity index (χ4n) is 1.36. The van der Waals surface area contributed by atoms with Crippen LogP contribution in [-0.2, 0) is 0 Å². The summed E-state index contributed by atoms with van der Waals surface area (Å²) in [6, 6.07) is 18.1. The first-order valence-electron chi connectivity index (χ1n) is 4.93. The van der Waals surface area contributed by atoms with Gasteiger partial charge in [0.15, 0.2) is 0 Å².